The van der Waals surface area contributed by atoms with Gasteiger partial charge in [-0.1, -0.05) is 6.07 Å². The number of para-hydroxylation sites is 1. The topological polar surface area (TPSA) is 69.3 Å². The van der Waals surface area contributed by atoms with Crippen LogP contribution < -0.4 is 19.5 Å². The van der Waals surface area contributed by atoms with Gasteiger partial charge >= 0.3 is 0 Å². The molecular weight excluding hydrogens is 300 g/mol. The Balaban J connectivity index is 1.73. The molecule has 1 aliphatic rings. The summed E-state index contributed by atoms with van der Waals surface area (Å²) in [7, 11) is 3.09. The zero-order valence-corrected chi connectivity index (χ0v) is 13.7. The lowest BCUT2D eigenvalue weighted by atomic mass is 10.3. The van der Waals surface area contributed by atoms with Gasteiger partial charge in [0.1, 0.15) is 0 Å². The van der Waals surface area contributed by atoms with Crippen LogP contribution in [0.5, 0.6) is 17.2 Å². The zero-order valence-electron chi connectivity index (χ0n) is 13.7. The van der Waals surface area contributed by atoms with Crippen LogP contribution in [0.15, 0.2) is 18.2 Å². The number of amides is 1. The van der Waals surface area contributed by atoms with Crippen LogP contribution in [-0.4, -0.2) is 71.0 Å². The molecule has 0 aliphatic carbocycles. The van der Waals surface area contributed by atoms with E-state index in [0.717, 1.165) is 32.8 Å². The average molecular weight is 324 g/mol. The predicted molar refractivity (Wildman–Crippen MR) is 85.3 cm³/mol. The highest BCUT2D eigenvalue weighted by molar-refractivity contribution is 5.77. The Morgan fingerprint density at radius 3 is 2.65 bits per heavy atom. The van der Waals surface area contributed by atoms with Crippen molar-refractivity contribution >= 4 is 5.91 Å². The van der Waals surface area contributed by atoms with E-state index in [-0.39, 0.29) is 12.5 Å². The van der Waals surface area contributed by atoms with E-state index in [1.165, 1.54) is 7.11 Å². The van der Waals surface area contributed by atoms with Crippen LogP contribution in [0.3, 0.4) is 0 Å². The fourth-order valence-electron chi connectivity index (χ4n) is 2.34. The first kappa shape index (κ1) is 17.4. The summed E-state index contributed by atoms with van der Waals surface area (Å²) < 4.78 is 21.3. The van der Waals surface area contributed by atoms with Crippen molar-refractivity contribution in [2.24, 2.45) is 0 Å². The van der Waals surface area contributed by atoms with Gasteiger partial charge in [0.05, 0.1) is 27.4 Å². The van der Waals surface area contributed by atoms with Gasteiger partial charge in [-0.25, -0.2) is 0 Å². The van der Waals surface area contributed by atoms with Crippen molar-refractivity contribution < 1.29 is 23.7 Å². The largest absolute Gasteiger partial charge is 0.493 e. The zero-order chi connectivity index (χ0) is 16.5. The summed E-state index contributed by atoms with van der Waals surface area (Å²) in [6, 6.07) is 5.30. The fraction of sp³-hybridized carbons (Fsp3) is 0.562. The Labute approximate surface area is 136 Å². The number of rotatable bonds is 8. The maximum Gasteiger partial charge on any atom is 0.257 e. The first-order valence-corrected chi connectivity index (χ1v) is 7.65. The molecule has 1 aromatic rings. The maximum atomic E-state index is 11.9. The number of carbonyl (C=O) groups excluding carboxylic acids is 1. The van der Waals surface area contributed by atoms with Crippen molar-refractivity contribution in [3.8, 4) is 17.2 Å². The highest BCUT2D eigenvalue weighted by Crippen LogP contribution is 2.36. The van der Waals surface area contributed by atoms with Crippen molar-refractivity contribution in [2.45, 2.75) is 0 Å². The average Bonchev–Trinajstić information content (AvgIpc) is 2.60. The van der Waals surface area contributed by atoms with Gasteiger partial charge in [-0.05, 0) is 12.1 Å². The Bertz CT molecular complexity index is 503. The number of benzene rings is 1. The second-order valence-electron chi connectivity index (χ2n) is 5.08. The summed E-state index contributed by atoms with van der Waals surface area (Å²) in [5.41, 5.74) is 0. The molecule has 0 atom stereocenters. The lowest BCUT2D eigenvalue weighted by Gasteiger charge is -2.26. The molecule has 1 N–H and O–H groups in total. The van der Waals surface area contributed by atoms with Crippen LogP contribution in [0.2, 0.25) is 0 Å². The molecule has 1 aliphatic heterocycles. The summed E-state index contributed by atoms with van der Waals surface area (Å²) in [6.45, 7) is 4.68. The van der Waals surface area contributed by atoms with Crippen LogP contribution in [0.1, 0.15) is 0 Å². The summed E-state index contributed by atoms with van der Waals surface area (Å²) in [5.74, 6) is 1.37. The SMILES string of the molecule is COc1cccc(OCC(=O)NCCN2CCOCC2)c1OC. The molecule has 23 heavy (non-hydrogen) atoms. The third-order valence-electron chi connectivity index (χ3n) is 3.58. The minimum atomic E-state index is -0.164. The number of nitrogens with one attached hydrogen (secondary N) is 1. The van der Waals surface area contributed by atoms with Crippen LogP contribution >= 0.6 is 0 Å². The number of morpholine rings is 1. The lowest BCUT2D eigenvalue weighted by molar-refractivity contribution is -0.123. The third-order valence-corrected chi connectivity index (χ3v) is 3.58. The van der Waals surface area contributed by atoms with Crippen molar-refractivity contribution in [3.05, 3.63) is 18.2 Å². The summed E-state index contributed by atoms with van der Waals surface area (Å²) in [5, 5.41) is 2.85. The minimum Gasteiger partial charge on any atom is -0.493 e. The Hall–Kier alpha value is -1.99. The van der Waals surface area contributed by atoms with Crippen molar-refractivity contribution in [1.82, 2.24) is 10.2 Å². The quantitative estimate of drug-likeness (QED) is 0.752. The van der Waals surface area contributed by atoms with Gasteiger partial charge in [-0.15, -0.1) is 0 Å². The molecule has 0 bridgehead atoms. The highest BCUT2D eigenvalue weighted by Gasteiger charge is 2.13. The number of carbonyl (C=O) groups is 1. The van der Waals surface area contributed by atoms with Crippen molar-refractivity contribution in [1.29, 1.82) is 0 Å². The summed E-state index contributed by atoms with van der Waals surface area (Å²) in [4.78, 5) is 14.1. The predicted octanol–water partition coefficient (Wildman–Crippen LogP) is 0.531. The van der Waals surface area contributed by atoms with E-state index in [9.17, 15) is 4.79 Å². The van der Waals surface area contributed by atoms with E-state index >= 15 is 0 Å². The Kier molecular flexibility index (Phi) is 6.96. The van der Waals surface area contributed by atoms with Crippen molar-refractivity contribution in [2.75, 3.05) is 60.2 Å². The second-order valence-corrected chi connectivity index (χ2v) is 5.08. The maximum absolute atomic E-state index is 11.9. The first-order valence-electron chi connectivity index (χ1n) is 7.65. The van der Waals surface area contributed by atoms with E-state index in [0.29, 0.717) is 23.8 Å². The lowest BCUT2D eigenvalue weighted by Crippen LogP contribution is -2.42. The standard InChI is InChI=1S/C16H24N2O5/c1-20-13-4-3-5-14(16(13)21-2)23-12-15(19)17-6-7-18-8-10-22-11-9-18/h3-5H,6-12H2,1-2H3,(H,17,19). The van der Waals surface area contributed by atoms with Gasteiger partial charge < -0.3 is 24.3 Å². The van der Waals surface area contributed by atoms with Gasteiger partial charge in [0.2, 0.25) is 5.75 Å². The van der Waals surface area contributed by atoms with E-state index in [2.05, 4.69) is 10.2 Å². The summed E-state index contributed by atoms with van der Waals surface area (Å²) in [6.07, 6.45) is 0. The molecule has 1 fully saturated rings. The molecule has 0 saturated carbocycles. The van der Waals surface area contributed by atoms with E-state index in [1.54, 1.807) is 25.3 Å². The van der Waals surface area contributed by atoms with Crippen LogP contribution in [0.4, 0.5) is 0 Å². The molecule has 7 heteroatoms. The van der Waals surface area contributed by atoms with Crippen LogP contribution in [-0.2, 0) is 9.53 Å². The number of hydrogen-bond acceptors (Lipinski definition) is 6. The van der Waals surface area contributed by atoms with Crippen LogP contribution in [0, 0.1) is 0 Å². The Morgan fingerprint density at radius 2 is 1.96 bits per heavy atom. The fourth-order valence-corrected chi connectivity index (χ4v) is 2.34. The third kappa shape index (κ3) is 5.30. The van der Waals surface area contributed by atoms with Crippen molar-refractivity contribution in [3.63, 3.8) is 0 Å². The number of hydrogen-bond donors (Lipinski definition) is 1. The van der Waals surface area contributed by atoms with Gasteiger partial charge in [-0.2, -0.15) is 0 Å². The normalized spacial score (nSPS) is 15.0. The second kappa shape index (κ2) is 9.22. The molecule has 0 unspecified atom stereocenters. The minimum absolute atomic E-state index is 0.0629. The van der Waals surface area contributed by atoms with Gasteiger partial charge in [0.25, 0.3) is 5.91 Å². The Morgan fingerprint density at radius 1 is 1.22 bits per heavy atom. The number of nitrogens with zero attached hydrogens (tertiary/aromatic N) is 1. The number of methoxy groups -OCH3 is 2. The van der Waals surface area contributed by atoms with Gasteiger partial charge in [0.15, 0.2) is 18.1 Å². The molecule has 7 nitrogen and oxygen atoms in total. The molecule has 1 saturated heterocycles. The molecule has 128 valence electrons. The van der Waals surface area contributed by atoms with Gasteiger partial charge in [0, 0.05) is 26.2 Å². The van der Waals surface area contributed by atoms with E-state index < -0.39 is 0 Å². The molecule has 1 heterocycles. The molecule has 1 aromatic carbocycles. The smallest absolute Gasteiger partial charge is 0.257 e. The molecule has 0 spiro atoms. The molecular formula is C16H24N2O5. The molecule has 0 radical (unpaired) electrons. The molecule has 1 amide bonds. The first-order chi connectivity index (χ1) is 11.2. The molecule has 0 aromatic heterocycles. The van der Waals surface area contributed by atoms with E-state index in [4.69, 9.17) is 18.9 Å². The monoisotopic (exact) mass is 324 g/mol. The number of ether oxygens (including phenoxy) is 4. The highest BCUT2D eigenvalue weighted by atomic mass is 16.5. The van der Waals surface area contributed by atoms with Gasteiger partial charge in [-0.3, -0.25) is 9.69 Å². The molecule has 2 rings (SSSR count). The summed E-state index contributed by atoms with van der Waals surface area (Å²) >= 11 is 0. The van der Waals surface area contributed by atoms with E-state index in [1.807, 2.05) is 0 Å². The van der Waals surface area contributed by atoms with Crippen LogP contribution in [0.25, 0.3) is 0 Å².